The first kappa shape index (κ1) is 27.9. The SMILES string of the molecule is C=CCn1c(SCC(=O)Nc2sc(C(N)=O)c(C)c2C(=O)OCC)nnc1C(C)Oc1cccc(C)c1. The molecule has 0 aliphatic heterocycles. The average Bonchev–Trinajstić information content (AvgIpc) is 3.38. The van der Waals surface area contributed by atoms with Crippen molar-refractivity contribution in [1.29, 1.82) is 0 Å². The van der Waals surface area contributed by atoms with Gasteiger partial charge in [-0.25, -0.2) is 4.79 Å². The Morgan fingerprint density at radius 3 is 2.70 bits per heavy atom. The average molecular weight is 544 g/mol. The van der Waals surface area contributed by atoms with Gasteiger partial charge in [0.05, 0.1) is 22.8 Å². The Bertz CT molecular complexity index is 1320. The number of esters is 1. The first-order chi connectivity index (χ1) is 17.7. The van der Waals surface area contributed by atoms with Gasteiger partial charge in [0, 0.05) is 6.54 Å². The number of aromatic nitrogens is 3. The van der Waals surface area contributed by atoms with E-state index in [2.05, 4.69) is 22.1 Å². The number of nitrogens with zero attached hydrogens (tertiary/aromatic N) is 3. The van der Waals surface area contributed by atoms with Crippen LogP contribution in [0.4, 0.5) is 5.00 Å². The smallest absolute Gasteiger partial charge is 0.341 e. The van der Waals surface area contributed by atoms with Crippen molar-refractivity contribution in [2.75, 3.05) is 17.7 Å². The number of hydrogen-bond acceptors (Lipinski definition) is 9. The van der Waals surface area contributed by atoms with Crippen LogP contribution in [-0.2, 0) is 16.1 Å². The van der Waals surface area contributed by atoms with Crippen molar-refractivity contribution in [3.8, 4) is 5.75 Å². The summed E-state index contributed by atoms with van der Waals surface area (Å²) in [5.74, 6) is -0.429. The van der Waals surface area contributed by atoms with Crippen LogP contribution in [0.3, 0.4) is 0 Å². The largest absolute Gasteiger partial charge is 0.483 e. The number of ether oxygens (including phenoxy) is 2. The van der Waals surface area contributed by atoms with Crippen molar-refractivity contribution in [2.24, 2.45) is 5.73 Å². The molecule has 2 amide bonds. The molecule has 196 valence electrons. The second kappa shape index (κ2) is 12.5. The molecular formula is C25H29N5O5S2. The van der Waals surface area contributed by atoms with Crippen LogP contribution in [-0.4, -0.2) is 44.9 Å². The van der Waals surface area contributed by atoms with E-state index in [1.165, 1.54) is 11.8 Å². The van der Waals surface area contributed by atoms with Gasteiger partial charge in [0.1, 0.15) is 10.8 Å². The summed E-state index contributed by atoms with van der Waals surface area (Å²) in [4.78, 5) is 37.2. The van der Waals surface area contributed by atoms with Crippen LogP contribution in [0.25, 0.3) is 0 Å². The molecule has 37 heavy (non-hydrogen) atoms. The zero-order chi connectivity index (χ0) is 27.1. The number of primary amides is 1. The third-order valence-electron chi connectivity index (χ3n) is 5.16. The Morgan fingerprint density at radius 1 is 1.30 bits per heavy atom. The third-order valence-corrected chi connectivity index (χ3v) is 7.35. The topological polar surface area (TPSA) is 138 Å². The summed E-state index contributed by atoms with van der Waals surface area (Å²) in [7, 11) is 0. The van der Waals surface area contributed by atoms with Crippen LogP contribution in [0.5, 0.6) is 5.75 Å². The van der Waals surface area contributed by atoms with E-state index in [-0.39, 0.29) is 27.8 Å². The van der Waals surface area contributed by atoms with Gasteiger partial charge in [0.15, 0.2) is 17.1 Å². The maximum absolute atomic E-state index is 12.8. The van der Waals surface area contributed by atoms with E-state index in [0.29, 0.717) is 28.8 Å². The third kappa shape index (κ3) is 6.77. The minimum Gasteiger partial charge on any atom is -0.483 e. The molecule has 1 aromatic carbocycles. The number of benzene rings is 1. The lowest BCUT2D eigenvalue weighted by Gasteiger charge is -2.16. The maximum atomic E-state index is 12.8. The lowest BCUT2D eigenvalue weighted by molar-refractivity contribution is -0.113. The van der Waals surface area contributed by atoms with E-state index in [1.54, 1.807) is 19.9 Å². The lowest BCUT2D eigenvalue weighted by atomic mass is 10.1. The Labute approximate surface area is 223 Å². The van der Waals surface area contributed by atoms with E-state index in [1.807, 2.05) is 42.7 Å². The minimum absolute atomic E-state index is 0.0203. The van der Waals surface area contributed by atoms with E-state index in [0.717, 1.165) is 16.9 Å². The fourth-order valence-electron chi connectivity index (χ4n) is 3.53. The number of hydrogen-bond donors (Lipinski definition) is 2. The summed E-state index contributed by atoms with van der Waals surface area (Å²) in [5, 5.41) is 12.0. The molecule has 1 atom stereocenters. The monoisotopic (exact) mass is 543 g/mol. The van der Waals surface area contributed by atoms with Crippen molar-refractivity contribution in [2.45, 2.75) is 45.5 Å². The van der Waals surface area contributed by atoms with E-state index >= 15 is 0 Å². The Kier molecular flexibility index (Phi) is 9.48. The molecule has 0 radical (unpaired) electrons. The van der Waals surface area contributed by atoms with Crippen LogP contribution in [0.2, 0.25) is 0 Å². The molecule has 2 heterocycles. The lowest BCUT2D eigenvalue weighted by Crippen LogP contribution is -2.17. The van der Waals surface area contributed by atoms with Crippen LogP contribution in [0.1, 0.15) is 56.9 Å². The molecule has 0 bridgehead atoms. The predicted octanol–water partition coefficient (Wildman–Crippen LogP) is 4.29. The highest BCUT2D eigenvalue weighted by atomic mass is 32.2. The van der Waals surface area contributed by atoms with Gasteiger partial charge in [-0.15, -0.1) is 28.1 Å². The van der Waals surface area contributed by atoms with Crippen LogP contribution < -0.4 is 15.8 Å². The minimum atomic E-state index is -0.685. The van der Waals surface area contributed by atoms with Crippen LogP contribution in [0, 0.1) is 13.8 Å². The summed E-state index contributed by atoms with van der Waals surface area (Å²) in [6.07, 6.45) is 1.31. The number of rotatable bonds is 12. The fourth-order valence-corrected chi connectivity index (χ4v) is 5.35. The summed E-state index contributed by atoms with van der Waals surface area (Å²) >= 11 is 2.11. The highest BCUT2D eigenvalue weighted by molar-refractivity contribution is 7.99. The van der Waals surface area contributed by atoms with E-state index < -0.39 is 23.9 Å². The molecule has 0 fully saturated rings. The normalized spacial score (nSPS) is 11.6. The number of amides is 2. The Hall–Kier alpha value is -3.64. The van der Waals surface area contributed by atoms with Crippen molar-refractivity contribution >= 4 is 45.9 Å². The van der Waals surface area contributed by atoms with Gasteiger partial charge in [-0.05, 0) is 51.0 Å². The number of aryl methyl sites for hydroxylation is 1. The molecule has 0 spiro atoms. The van der Waals surface area contributed by atoms with Crippen molar-refractivity contribution in [3.05, 3.63) is 64.3 Å². The molecule has 0 aliphatic carbocycles. The molecule has 3 N–H and O–H groups in total. The van der Waals surface area contributed by atoms with Crippen molar-refractivity contribution < 1.29 is 23.9 Å². The predicted molar refractivity (Wildman–Crippen MR) is 143 cm³/mol. The molecule has 0 aliphatic rings. The van der Waals surface area contributed by atoms with Gasteiger partial charge < -0.3 is 20.5 Å². The Morgan fingerprint density at radius 2 is 2.05 bits per heavy atom. The number of thioether (sulfide) groups is 1. The number of carbonyl (C=O) groups excluding carboxylic acids is 3. The second-order valence-corrected chi connectivity index (χ2v) is 9.96. The van der Waals surface area contributed by atoms with Crippen molar-refractivity contribution in [3.63, 3.8) is 0 Å². The van der Waals surface area contributed by atoms with Crippen LogP contribution in [0.15, 0.2) is 42.1 Å². The fraction of sp³-hybridized carbons (Fsp3) is 0.320. The number of nitrogens with two attached hydrogens (primary N) is 1. The summed E-state index contributed by atoms with van der Waals surface area (Å²) in [6, 6.07) is 7.71. The number of anilines is 1. The summed E-state index contributed by atoms with van der Waals surface area (Å²) in [5.41, 5.74) is 7.00. The first-order valence-corrected chi connectivity index (χ1v) is 13.3. The molecule has 1 unspecified atom stereocenters. The molecule has 2 aromatic heterocycles. The molecule has 3 aromatic rings. The van der Waals surface area contributed by atoms with Gasteiger partial charge in [-0.1, -0.05) is 30.0 Å². The highest BCUT2D eigenvalue weighted by Crippen LogP contribution is 2.34. The zero-order valence-electron chi connectivity index (χ0n) is 21.1. The van der Waals surface area contributed by atoms with Gasteiger partial charge in [0.25, 0.3) is 5.91 Å². The molecule has 10 nitrogen and oxygen atoms in total. The number of nitrogens with one attached hydrogen (secondary N) is 1. The van der Waals surface area contributed by atoms with E-state index in [4.69, 9.17) is 15.2 Å². The summed E-state index contributed by atoms with van der Waals surface area (Å²) < 4.78 is 13.0. The summed E-state index contributed by atoms with van der Waals surface area (Å²) in [6.45, 7) is 11.5. The van der Waals surface area contributed by atoms with Crippen molar-refractivity contribution in [1.82, 2.24) is 14.8 Å². The first-order valence-electron chi connectivity index (χ1n) is 11.5. The van der Waals surface area contributed by atoms with Gasteiger partial charge in [0.2, 0.25) is 5.91 Å². The standard InChI is InChI=1S/C25H29N5O5S2/c1-6-11-30-22(16(5)35-17-10-8-9-14(3)12-17)28-29-25(30)36-13-18(31)27-23-19(24(33)34-7-2)15(4)20(37-23)21(26)32/h6,8-10,12,16H,1,7,11,13H2,2-5H3,(H2,26,32)(H,27,31). The number of thiophene rings is 1. The van der Waals surface area contributed by atoms with Gasteiger partial charge in [-0.2, -0.15) is 0 Å². The highest BCUT2D eigenvalue weighted by Gasteiger charge is 2.26. The van der Waals surface area contributed by atoms with Crippen LogP contribution >= 0.6 is 23.1 Å². The second-order valence-electron chi connectivity index (χ2n) is 8.00. The van der Waals surface area contributed by atoms with E-state index in [9.17, 15) is 14.4 Å². The van der Waals surface area contributed by atoms with Gasteiger partial charge in [-0.3, -0.25) is 14.2 Å². The molecule has 12 heteroatoms. The maximum Gasteiger partial charge on any atom is 0.341 e. The molecule has 3 rings (SSSR count). The van der Waals surface area contributed by atoms with Gasteiger partial charge >= 0.3 is 5.97 Å². The zero-order valence-corrected chi connectivity index (χ0v) is 22.7. The quantitative estimate of drug-likeness (QED) is 0.196. The Balaban J connectivity index is 1.74. The molecule has 0 saturated heterocycles. The number of carbonyl (C=O) groups is 3. The number of allylic oxidation sites excluding steroid dienone is 1. The molecule has 0 saturated carbocycles. The molecular weight excluding hydrogens is 514 g/mol.